The highest BCUT2D eigenvalue weighted by Gasteiger charge is 2.19. The molecule has 0 aromatic carbocycles. The third-order valence-electron chi connectivity index (χ3n) is 12.0. The molecule has 0 aromatic rings. The molecule has 6 nitrogen and oxygen atoms in total. The van der Waals surface area contributed by atoms with E-state index in [4.69, 9.17) is 14.2 Å². The highest BCUT2D eigenvalue weighted by molar-refractivity contribution is 5.71. The quantitative estimate of drug-likeness (QED) is 0.0199. The molecule has 0 aliphatic heterocycles. The first-order valence-corrected chi connectivity index (χ1v) is 28.0. The molecule has 0 saturated carbocycles. The Morgan fingerprint density at radius 3 is 1.08 bits per heavy atom. The smallest absolute Gasteiger partial charge is 0.306 e. The van der Waals surface area contributed by atoms with Gasteiger partial charge in [0.2, 0.25) is 0 Å². The lowest BCUT2D eigenvalue weighted by atomic mass is 10.0. The molecule has 1 unspecified atom stereocenters. The number of unbranched alkanes of at least 4 members (excludes halogenated alkanes) is 30. The van der Waals surface area contributed by atoms with Crippen molar-refractivity contribution in [2.45, 2.75) is 277 Å². The van der Waals surface area contributed by atoms with Crippen molar-refractivity contribution in [1.29, 1.82) is 0 Å². The molecule has 0 saturated heterocycles. The van der Waals surface area contributed by atoms with Crippen molar-refractivity contribution in [3.05, 3.63) is 72.9 Å². The van der Waals surface area contributed by atoms with Gasteiger partial charge in [-0.15, -0.1) is 0 Å². The second kappa shape index (κ2) is 54.5. The van der Waals surface area contributed by atoms with E-state index in [1.54, 1.807) is 0 Å². The fourth-order valence-electron chi connectivity index (χ4n) is 7.85. The predicted molar refractivity (Wildman–Crippen MR) is 284 cm³/mol. The van der Waals surface area contributed by atoms with E-state index in [9.17, 15) is 14.4 Å². The summed E-state index contributed by atoms with van der Waals surface area (Å²) in [7, 11) is 0. The van der Waals surface area contributed by atoms with Crippen LogP contribution >= 0.6 is 0 Å². The van der Waals surface area contributed by atoms with E-state index in [0.717, 1.165) is 116 Å². The molecule has 6 heteroatoms. The Morgan fingerprint density at radius 2 is 0.652 bits per heavy atom. The van der Waals surface area contributed by atoms with Gasteiger partial charge in [0.25, 0.3) is 0 Å². The maximum Gasteiger partial charge on any atom is 0.306 e. The van der Waals surface area contributed by atoms with Crippen molar-refractivity contribution in [2.24, 2.45) is 0 Å². The maximum atomic E-state index is 12.8. The third kappa shape index (κ3) is 51.8. The molecule has 0 aliphatic rings. The number of allylic oxidation sites excluding steroid dienone is 12. The lowest BCUT2D eigenvalue weighted by molar-refractivity contribution is -0.167. The molecule has 0 aliphatic carbocycles. The molecule has 0 heterocycles. The van der Waals surface area contributed by atoms with Gasteiger partial charge in [-0.1, -0.05) is 254 Å². The first-order chi connectivity index (χ1) is 32.5. The highest BCUT2D eigenvalue weighted by Crippen LogP contribution is 2.16. The van der Waals surface area contributed by atoms with E-state index in [0.29, 0.717) is 19.3 Å². The van der Waals surface area contributed by atoms with Gasteiger partial charge in [0.15, 0.2) is 6.10 Å². The minimum Gasteiger partial charge on any atom is -0.462 e. The Labute approximate surface area is 408 Å². The number of hydrogen-bond donors (Lipinski definition) is 0. The third-order valence-corrected chi connectivity index (χ3v) is 12.0. The zero-order chi connectivity index (χ0) is 47.9. The van der Waals surface area contributed by atoms with Crippen LogP contribution in [0.2, 0.25) is 0 Å². The number of ether oxygens (including phenoxy) is 3. The molecular formula is C60H104O6. The fraction of sp³-hybridized carbons (Fsp3) is 0.750. The lowest BCUT2D eigenvalue weighted by Crippen LogP contribution is -2.30. The molecule has 0 aromatic heterocycles. The van der Waals surface area contributed by atoms with E-state index in [2.05, 4.69) is 93.7 Å². The Kier molecular flexibility index (Phi) is 51.9. The summed E-state index contributed by atoms with van der Waals surface area (Å²) in [5.41, 5.74) is 0. The van der Waals surface area contributed by atoms with Crippen LogP contribution in [-0.4, -0.2) is 37.2 Å². The van der Waals surface area contributed by atoms with Gasteiger partial charge in [-0.3, -0.25) is 14.4 Å². The molecule has 0 rings (SSSR count). The first kappa shape index (κ1) is 62.8. The van der Waals surface area contributed by atoms with Crippen molar-refractivity contribution in [2.75, 3.05) is 13.2 Å². The van der Waals surface area contributed by atoms with Gasteiger partial charge < -0.3 is 14.2 Å². The van der Waals surface area contributed by atoms with Crippen LogP contribution in [0.4, 0.5) is 0 Å². The second-order valence-corrected chi connectivity index (χ2v) is 18.6. The molecule has 380 valence electrons. The SMILES string of the molecule is CC/C=C\C/C=C\CCCCCCCC(=O)OCC(COC(=O)CCCCCCC\C=C/C=C\C=C/C=C\CCCCC)OC(=O)CCCCCCCCCCCCCCCCCCCC. The van der Waals surface area contributed by atoms with E-state index >= 15 is 0 Å². The average molecular weight is 921 g/mol. The van der Waals surface area contributed by atoms with Gasteiger partial charge in [-0.05, 0) is 70.6 Å². The Balaban J connectivity index is 4.40. The van der Waals surface area contributed by atoms with E-state index in [1.807, 2.05) is 0 Å². The lowest BCUT2D eigenvalue weighted by Gasteiger charge is -2.18. The summed E-state index contributed by atoms with van der Waals surface area (Å²) in [4.78, 5) is 38.1. The van der Waals surface area contributed by atoms with Crippen molar-refractivity contribution >= 4 is 17.9 Å². The number of rotatable bonds is 50. The van der Waals surface area contributed by atoms with Crippen molar-refractivity contribution in [3.63, 3.8) is 0 Å². The molecule has 1 atom stereocenters. The van der Waals surface area contributed by atoms with Crippen LogP contribution in [0.5, 0.6) is 0 Å². The van der Waals surface area contributed by atoms with Crippen LogP contribution in [0.25, 0.3) is 0 Å². The molecule has 0 amide bonds. The molecule has 66 heavy (non-hydrogen) atoms. The molecular weight excluding hydrogens is 817 g/mol. The van der Waals surface area contributed by atoms with Gasteiger partial charge in [0, 0.05) is 19.3 Å². The molecule has 0 radical (unpaired) electrons. The second-order valence-electron chi connectivity index (χ2n) is 18.6. The van der Waals surface area contributed by atoms with Crippen LogP contribution in [0, 0.1) is 0 Å². The monoisotopic (exact) mass is 921 g/mol. The van der Waals surface area contributed by atoms with Crippen LogP contribution < -0.4 is 0 Å². The molecule has 0 fully saturated rings. The van der Waals surface area contributed by atoms with Crippen LogP contribution in [-0.2, 0) is 28.6 Å². The van der Waals surface area contributed by atoms with E-state index in [1.165, 1.54) is 116 Å². The molecule has 0 N–H and O–H groups in total. The highest BCUT2D eigenvalue weighted by atomic mass is 16.6. The first-order valence-electron chi connectivity index (χ1n) is 28.0. The fourth-order valence-corrected chi connectivity index (χ4v) is 7.85. The van der Waals surface area contributed by atoms with Crippen LogP contribution in [0.1, 0.15) is 271 Å². The maximum absolute atomic E-state index is 12.8. The summed E-state index contributed by atoms with van der Waals surface area (Å²) < 4.78 is 16.8. The summed E-state index contributed by atoms with van der Waals surface area (Å²) in [6.07, 6.45) is 68.9. The van der Waals surface area contributed by atoms with E-state index < -0.39 is 6.10 Å². The van der Waals surface area contributed by atoms with Gasteiger partial charge in [0.05, 0.1) is 0 Å². The van der Waals surface area contributed by atoms with Gasteiger partial charge in [0.1, 0.15) is 13.2 Å². The van der Waals surface area contributed by atoms with Crippen molar-refractivity contribution in [3.8, 4) is 0 Å². The number of esters is 3. The normalized spacial score (nSPS) is 12.6. The summed E-state index contributed by atoms with van der Waals surface area (Å²) in [6.45, 7) is 6.48. The standard InChI is InChI=1S/C60H104O6/c1-4-7-10-13-16-19-22-25-27-29-31-33-35-38-41-44-47-50-53-59(62)65-56-57(55-64-58(61)52-49-46-43-40-37-24-21-18-15-12-9-6-3)66-60(63)54-51-48-45-42-39-36-34-32-30-28-26-23-20-17-14-11-8-5-2/h9,12,16,18-19,21-22,25,27,29,31,33,57H,4-8,10-11,13-15,17,20,23-24,26,28,30,32,34-56H2,1-3H3/b12-9-,19-16-,21-18-,25-22-,29-27-,33-31-. The number of carbonyl (C=O) groups excluding carboxylic acids is 3. The average Bonchev–Trinajstić information content (AvgIpc) is 3.31. The van der Waals surface area contributed by atoms with Crippen LogP contribution in [0.3, 0.4) is 0 Å². The predicted octanol–water partition coefficient (Wildman–Crippen LogP) is 18.6. The Hall–Kier alpha value is -3.15. The number of carbonyl (C=O) groups is 3. The minimum atomic E-state index is -0.789. The largest absolute Gasteiger partial charge is 0.462 e. The summed E-state index contributed by atoms with van der Waals surface area (Å²) in [6, 6.07) is 0. The topological polar surface area (TPSA) is 78.9 Å². The van der Waals surface area contributed by atoms with Crippen molar-refractivity contribution in [1.82, 2.24) is 0 Å². The zero-order valence-corrected chi connectivity index (χ0v) is 43.4. The van der Waals surface area contributed by atoms with Crippen molar-refractivity contribution < 1.29 is 28.6 Å². The Morgan fingerprint density at radius 1 is 0.333 bits per heavy atom. The molecule has 0 bridgehead atoms. The van der Waals surface area contributed by atoms with Crippen LogP contribution in [0.15, 0.2) is 72.9 Å². The zero-order valence-electron chi connectivity index (χ0n) is 43.4. The Bertz CT molecular complexity index is 1240. The molecule has 0 spiro atoms. The summed E-state index contributed by atoms with van der Waals surface area (Å²) in [5, 5.41) is 0. The summed E-state index contributed by atoms with van der Waals surface area (Å²) in [5.74, 6) is -0.917. The van der Waals surface area contributed by atoms with Gasteiger partial charge in [-0.25, -0.2) is 0 Å². The van der Waals surface area contributed by atoms with Gasteiger partial charge >= 0.3 is 17.9 Å². The summed E-state index contributed by atoms with van der Waals surface area (Å²) >= 11 is 0. The van der Waals surface area contributed by atoms with E-state index in [-0.39, 0.29) is 31.1 Å². The minimum absolute atomic E-state index is 0.0891. The van der Waals surface area contributed by atoms with Gasteiger partial charge in [-0.2, -0.15) is 0 Å². The number of hydrogen-bond acceptors (Lipinski definition) is 6.